The minimum atomic E-state index is -4.21. The summed E-state index contributed by atoms with van der Waals surface area (Å²) in [5, 5.41) is 3.25. The van der Waals surface area contributed by atoms with Gasteiger partial charge in [-0.3, -0.25) is 13.9 Å². The molecule has 0 spiro atoms. The third-order valence-corrected chi connectivity index (χ3v) is 7.98. The summed E-state index contributed by atoms with van der Waals surface area (Å²) in [5.74, 6) is -1.52. The van der Waals surface area contributed by atoms with Crippen LogP contribution in [-0.2, 0) is 26.2 Å². The summed E-state index contributed by atoms with van der Waals surface area (Å²) in [6, 6.07) is 17.0. The normalized spacial score (nSPS) is 12.0. The number of nitrogens with zero attached hydrogens (tertiary/aromatic N) is 2. The van der Waals surface area contributed by atoms with Crippen molar-refractivity contribution >= 4 is 39.1 Å². The second-order valence-corrected chi connectivity index (χ2v) is 11.2. The molecule has 7 nitrogen and oxygen atoms in total. The van der Waals surface area contributed by atoms with Crippen LogP contribution in [0.3, 0.4) is 0 Å². The van der Waals surface area contributed by atoms with Crippen molar-refractivity contribution in [1.82, 2.24) is 10.2 Å². The lowest BCUT2D eigenvalue weighted by molar-refractivity contribution is -0.139. The van der Waals surface area contributed by atoms with Crippen LogP contribution in [0.2, 0.25) is 5.02 Å². The number of nitrogens with one attached hydrogen (secondary N) is 1. The molecule has 3 rings (SSSR count). The van der Waals surface area contributed by atoms with E-state index in [1.807, 2.05) is 13.8 Å². The quantitative estimate of drug-likeness (QED) is 0.361. The van der Waals surface area contributed by atoms with Crippen LogP contribution < -0.4 is 9.62 Å². The Morgan fingerprint density at radius 2 is 1.68 bits per heavy atom. The summed E-state index contributed by atoms with van der Waals surface area (Å²) in [6.45, 7) is 5.19. The maximum atomic E-state index is 13.8. The highest BCUT2D eigenvalue weighted by atomic mass is 35.5. The summed E-state index contributed by atoms with van der Waals surface area (Å²) < 4.78 is 42.0. The Labute approximate surface area is 228 Å². The van der Waals surface area contributed by atoms with Crippen molar-refractivity contribution in [2.45, 2.75) is 44.7 Å². The van der Waals surface area contributed by atoms with Gasteiger partial charge in [0.2, 0.25) is 11.8 Å². The molecule has 0 saturated heterocycles. The highest BCUT2D eigenvalue weighted by molar-refractivity contribution is 7.92. The maximum Gasteiger partial charge on any atom is 0.264 e. The Morgan fingerprint density at radius 3 is 2.29 bits per heavy atom. The van der Waals surface area contributed by atoms with Crippen LogP contribution in [0.25, 0.3) is 0 Å². The first-order valence-electron chi connectivity index (χ1n) is 12.2. The molecule has 0 fully saturated rings. The Balaban J connectivity index is 2.01. The number of amides is 2. The monoisotopic (exact) mass is 559 g/mol. The van der Waals surface area contributed by atoms with Gasteiger partial charge in [-0.15, -0.1) is 0 Å². The largest absolute Gasteiger partial charge is 0.354 e. The Morgan fingerprint density at radius 1 is 1.03 bits per heavy atom. The summed E-state index contributed by atoms with van der Waals surface area (Å²) in [6.07, 6.45) is 0.716. The van der Waals surface area contributed by atoms with Gasteiger partial charge in [0, 0.05) is 18.1 Å². The van der Waals surface area contributed by atoms with Crippen LogP contribution in [0.15, 0.2) is 77.7 Å². The van der Waals surface area contributed by atoms with Gasteiger partial charge in [-0.1, -0.05) is 48.4 Å². The average Bonchev–Trinajstić information content (AvgIpc) is 2.89. The molecule has 3 aromatic carbocycles. The third kappa shape index (κ3) is 7.33. The van der Waals surface area contributed by atoms with E-state index >= 15 is 0 Å². The summed E-state index contributed by atoms with van der Waals surface area (Å²) in [4.78, 5) is 27.9. The van der Waals surface area contributed by atoms with Crippen LogP contribution >= 0.6 is 11.6 Å². The van der Waals surface area contributed by atoms with Gasteiger partial charge in [-0.25, -0.2) is 12.8 Å². The lowest BCUT2D eigenvalue weighted by Crippen LogP contribution is -2.51. The molecule has 0 aromatic heterocycles. The van der Waals surface area contributed by atoms with Crippen LogP contribution in [0, 0.1) is 12.7 Å². The molecule has 0 aliphatic rings. The molecular formula is C28H31ClFN3O4S. The van der Waals surface area contributed by atoms with Crippen LogP contribution in [0.4, 0.5) is 10.1 Å². The van der Waals surface area contributed by atoms with E-state index in [9.17, 15) is 22.4 Å². The molecule has 0 radical (unpaired) electrons. The molecule has 0 aliphatic heterocycles. The number of aryl methyl sites for hydroxylation is 1. The van der Waals surface area contributed by atoms with Crippen molar-refractivity contribution in [3.63, 3.8) is 0 Å². The van der Waals surface area contributed by atoms with Gasteiger partial charge in [0.1, 0.15) is 18.4 Å². The van der Waals surface area contributed by atoms with E-state index in [1.165, 1.54) is 29.2 Å². The molecule has 0 heterocycles. The predicted molar refractivity (Wildman–Crippen MR) is 147 cm³/mol. The first kappa shape index (κ1) is 29.1. The van der Waals surface area contributed by atoms with E-state index in [1.54, 1.807) is 43.3 Å². The molecule has 2 amide bonds. The number of rotatable bonds is 11. The molecule has 1 unspecified atom stereocenters. The van der Waals surface area contributed by atoms with Crippen molar-refractivity contribution in [3.8, 4) is 0 Å². The van der Waals surface area contributed by atoms with Gasteiger partial charge in [-0.2, -0.15) is 0 Å². The zero-order chi connectivity index (χ0) is 27.9. The van der Waals surface area contributed by atoms with E-state index in [2.05, 4.69) is 5.32 Å². The smallest absolute Gasteiger partial charge is 0.264 e. The standard InChI is InChI=1S/C28H31ClFN3O4S/c1-4-16-31-28(35)21(3)32(18-22-6-5-7-23(29)17-22)27(34)19-33(25-12-10-24(30)11-13-25)38(36,37)26-14-8-20(2)9-15-26/h5-15,17,21H,4,16,18-19H2,1-3H3,(H,31,35). The molecule has 0 saturated carbocycles. The minimum Gasteiger partial charge on any atom is -0.354 e. The van der Waals surface area contributed by atoms with Crippen LogP contribution in [0.5, 0.6) is 0 Å². The Hall–Kier alpha value is -3.43. The zero-order valence-electron chi connectivity index (χ0n) is 21.5. The van der Waals surface area contributed by atoms with Crippen molar-refractivity contribution in [1.29, 1.82) is 0 Å². The topological polar surface area (TPSA) is 86.8 Å². The number of carbonyl (C=O) groups excluding carboxylic acids is 2. The zero-order valence-corrected chi connectivity index (χ0v) is 23.1. The average molecular weight is 560 g/mol. The fourth-order valence-electron chi connectivity index (χ4n) is 3.78. The molecule has 0 aliphatic carbocycles. The summed E-state index contributed by atoms with van der Waals surface area (Å²) in [5.41, 5.74) is 1.66. The number of benzene rings is 3. The summed E-state index contributed by atoms with van der Waals surface area (Å²) in [7, 11) is -4.21. The highest BCUT2D eigenvalue weighted by Gasteiger charge is 2.32. The van der Waals surface area contributed by atoms with E-state index in [0.29, 0.717) is 23.6 Å². The molecule has 38 heavy (non-hydrogen) atoms. The SMILES string of the molecule is CCCNC(=O)C(C)N(Cc1cccc(Cl)c1)C(=O)CN(c1ccc(F)cc1)S(=O)(=O)c1ccc(C)cc1. The van der Waals surface area contributed by atoms with Gasteiger partial charge in [0.05, 0.1) is 10.6 Å². The molecule has 1 N–H and O–H groups in total. The third-order valence-electron chi connectivity index (χ3n) is 5.96. The second kappa shape index (κ2) is 12.9. The van der Waals surface area contributed by atoms with Gasteiger partial charge >= 0.3 is 0 Å². The van der Waals surface area contributed by atoms with Crippen LogP contribution in [0.1, 0.15) is 31.4 Å². The minimum absolute atomic E-state index is 0.0182. The number of hydrogen-bond acceptors (Lipinski definition) is 4. The number of sulfonamides is 1. The van der Waals surface area contributed by atoms with Gasteiger partial charge in [0.15, 0.2) is 0 Å². The Kier molecular flexibility index (Phi) is 9.88. The van der Waals surface area contributed by atoms with Crippen molar-refractivity contribution < 1.29 is 22.4 Å². The van der Waals surface area contributed by atoms with Gasteiger partial charge in [0.25, 0.3) is 10.0 Å². The highest BCUT2D eigenvalue weighted by Crippen LogP contribution is 2.25. The van der Waals surface area contributed by atoms with Gasteiger partial charge < -0.3 is 10.2 Å². The summed E-state index contributed by atoms with van der Waals surface area (Å²) >= 11 is 6.13. The first-order chi connectivity index (χ1) is 18.0. The lowest BCUT2D eigenvalue weighted by atomic mass is 10.1. The molecule has 10 heteroatoms. The first-order valence-corrected chi connectivity index (χ1v) is 14.0. The van der Waals surface area contributed by atoms with Crippen molar-refractivity contribution in [2.24, 2.45) is 0 Å². The van der Waals surface area contributed by atoms with Crippen molar-refractivity contribution in [2.75, 3.05) is 17.4 Å². The fraction of sp³-hybridized carbons (Fsp3) is 0.286. The molecule has 202 valence electrons. The van der Waals surface area contributed by atoms with Crippen molar-refractivity contribution in [3.05, 3.63) is 94.8 Å². The number of hydrogen-bond donors (Lipinski definition) is 1. The second-order valence-electron chi connectivity index (χ2n) is 8.92. The maximum absolute atomic E-state index is 13.8. The van der Waals surface area contributed by atoms with Gasteiger partial charge in [-0.05, 0) is 74.4 Å². The molecule has 3 aromatic rings. The molecule has 1 atom stereocenters. The Bertz CT molecular complexity index is 1370. The fourth-order valence-corrected chi connectivity index (χ4v) is 5.41. The lowest BCUT2D eigenvalue weighted by Gasteiger charge is -2.32. The number of anilines is 1. The van der Waals surface area contributed by atoms with Crippen LogP contribution in [-0.4, -0.2) is 44.3 Å². The van der Waals surface area contributed by atoms with E-state index in [4.69, 9.17) is 11.6 Å². The molecule has 0 bridgehead atoms. The number of halogens is 2. The van der Waals surface area contributed by atoms with E-state index in [0.717, 1.165) is 22.0 Å². The van der Waals surface area contributed by atoms with E-state index < -0.39 is 34.3 Å². The predicted octanol–water partition coefficient (Wildman–Crippen LogP) is 4.93. The number of carbonyl (C=O) groups is 2. The van der Waals surface area contributed by atoms with E-state index in [-0.39, 0.29) is 23.0 Å². The molecular weight excluding hydrogens is 529 g/mol.